The molecule has 1 aromatic carbocycles. The van der Waals surface area contributed by atoms with E-state index in [2.05, 4.69) is 5.48 Å². The summed E-state index contributed by atoms with van der Waals surface area (Å²) in [6, 6.07) is 10.0. The van der Waals surface area contributed by atoms with Crippen molar-refractivity contribution in [2.75, 3.05) is 0 Å². The van der Waals surface area contributed by atoms with Gasteiger partial charge in [-0.15, -0.1) is 0 Å². The molecule has 2 nitrogen and oxygen atoms in total. The van der Waals surface area contributed by atoms with Gasteiger partial charge in [0.15, 0.2) is 0 Å². The molecular formula is C10H9ErNO. The summed E-state index contributed by atoms with van der Waals surface area (Å²) in [6.07, 6.45) is 5.43. The fraction of sp³-hybridized carbons (Fsp3) is 0. The molecular weight excluding hydrogens is 317 g/mol. The first kappa shape index (κ1) is 10.6. The number of hydrogen-bond acceptors (Lipinski definition) is 2. The predicted octanol–water partition coefficient (Wildman–Crippen LogP) is 2.08. The molecule has 0 amide bonds. The van der Waals surface area contributed by atoms with Crippen molar-refractivity contribution in [3.05, 3.63) is 54.3 Å². The molecule has 0 aromatic heterocycles. The maximum Gasteiger partial charge on any atom is 0.119 e. The molecule has 0 atom stereocenters. The molecule has 0 saturated carbocycles. The first-order valence-electron chi connectivity index (χ1n) is 3.81. The summed E-state index contributed by atoms with van der Waals surface area (Å²) in [7, 11) is 0. The van der Waals surface area contributed by atoms with Crippen molar-refractivity contribution in [3.63, 3.8) is 0 Å². The summed E-state index contributed by atoms with van der Waals surface area (Å²) in [5.41, 5.74) is 4.92. The summed E-state index contributed by atoms with van der Waals surface area (Å²) in [5.74, 6) is 0. The Hall–Kier alpha value is -0.453. The molecule has 0 aliphatic carbocycles. The molecule has 1 heterocycles. The molecule has 13 heavy (non-hydrogen) atoms. The Kier molecular flexibility index (Phi) is 4.34. The zero-order valence-electron chi connectivity index (χ0n) is 6.82. The van der Waals surface area contributed by atoms with Crippen molar-refractivity contribution < 1.29 is 42.1 Å². The van der Waals surface area contributed by atoms with Crippen molar-refractivity contribution >= 4 is 5.70 Å². The minimum Gasteiger partial charge on any atom is -0.390 e. The third kappa shape index (κ3) is 2.75. The van der Waals surface area contributed by atoms with E-state index in [0.717, 1.165) is 11.3 Å². The molecule has 1 N–H and O–H groups in total. The number of rotatable bonds is 1. The van der Waals surface area contributed by atoms with E-state index in [4.69, 9.17) is 4.84 Å². The Morgan fingerprint density at radius 3 is 2.46 bits per heavy atom. The zero-order valence-corrected chi connectivity index (χ0v) is 8.67. The van der Waals surface area contributed by atoms with Crippen LogP contribution >= 0.6 is 0 Å². The second kappa shape index (κ2) is 5.31. The Bertz CT molecular complexity index is 319. The SMILES string of the molecule is C1=CONC(c2ccccc2)=C1.[Er]. The van der Waals surface area contributed by atoms with Crippen molar-refractivity contribution in [1.82, 2.24) is 5.48 Å². The molecule has 72 valence electrons. The van der Waals surface area contributed by atoms with E-state index >= 15 is 0 Å². The second-order valence-electron chi connectivity index (χ2n) is 2.49. The van der Waals surface area contributed by atoms with Crippen LogP contribution in [-0.2, 0) is 4.84 Å². The molecule has 0 bridgehead atoms. The molecule has 2 rings (SSSR count). The largest absolute Gasteiger partial charge is 0.390 e. The maximum absolute atomic E-state index is 4.94. The van der Waals surface area contributed by atoms with Crippen LogP contribution in [0.4, 0.5) is 0 Å². The Labute approximate surface area is 107 Å². The zero-order chi connectivity index (χ0) is 8.23. The smallest absolute Gasteiger partial charge is 0.119 e. The fourth-order valence-electron chi connectivity index (χ4n) is 1.08. The number of nitrogens with one attached hydrogen (secondary N) is 1. The van der Waals surface area contributed by atoms with E-state index < -0.39 is 0 Å². The third-order valence-corrected chi connectivity index (χ3v) is 1.66. The van der Waals surface area contributed by atoms with Gasteiger partial charge in [-0.2, -0.15) is 0 Å². The fourth-order valence-corrected chi connectivity index (χ4v) is 1.08. The molecule has 0 fully saturated rings. The van der Waals surface area contributed by atoms with Gasteiger partial charge in [-0.1, -0.05) is 30.3 Å². The predicted molar refractivity (Wildman–Crippen MR) is 47.8 cm³/mol. The molecule has 0 unspecified atom stereocenters. The van der Waals surface area contributed by atoms with Gasteiger partial charge in [0, 0.05) is 42.9 Å². The van der Waals surface area contributed by atoms with Crippen molar-refractivity contribution in [3.8, 4) is 0 Å². The second-order valence-corrected chi connectivity index (χ2v) is 2.49. The summed E-state index contributed by atoms with van der Waals surface area (Å²) in [4.78, 5) is 4.94. The van der Waals surface area contributed by atoms with Crippen molar-refractivity contribution in [1.29, 1.82) is 0 Å². The summed E-state index contributed by atoms with van der Waals surface area (Å²) < 4.78 is 0. The van der Waals surface area contributed by atoms with Crippen LogP contribution in [0.15, 0.2) is 48.7 Å². The van der Waals surface area contributed by atoms with Crippen LogP contribution in [0.3, 0.4) is 0 Å². The molecule has 0 saturated heterocycles. The number of hydroxylamine groups is 1. The van der Waals surface area contributed by atoms with Gasteiger partial charge in [-0.3, -0.25) is 0 Å². The normalized spacial score (nSPS) is 13.4. The molecule has 1 aliphatic heterocycles. The summed E-state index contributed by atoms with van der Waals surface area (Å²) in [6.45, 7) is 0. The van der Waals surface area contributed by atoms with E-state index in [1.54, 1.807) is 6.26 Å². The Morgan fingerprint density at radius 1 is 1.08 bits per heavy atom. The first-order valence-corrected chi connectivity index (χ1v) is 3.81. The topological polar surface area (TPSA) is 21.3 Å². The van der Waals surface area contributed by atoms with E-state index in [-0.39, 0.29) is 37.3 Å². The maximum atomic E-state index is 4.94. The van der Waals surface area contributed by atoms with Crippen LogP contribution in [0.1, 0.15) is 5.56 Å². The first-order chi connectivity index (χ1) is 5.97. The van der Waals surface area contributed by atoms with E-state index in [1.807, 2.05) is 42.5 Å². The average molecular weight is 326 g/mol. The molecule has 1 aromatic rings. The van der Waals surface area contributed by atoms with E-state index in [9.17, 15) is 0 Å². The number of hydrogen-bond donors (Lipinski definition) is 1. The number of allylic oxidation sites excluding steroid dienone is 2. The summed E-state index contributed by atoms with van der Waals surface area (Å²) in [5, 5.41) is 0. The van der Waals surface area contributed by atoms with Crippen LogP contribution in [0.25, 0.3) is 5.70 Å². The Balaban J connectivity index is 0.000000845. The molecule has 0 spiro atoms. The van der Waals surface area contributed by atoms with Crippen LogP contribution in [0.5, 0.6) is 0 Å². The van der Waals surface area contributed by atoms with Gasteiger partial charge in [-0.25, -0.2) is 5.48 Å². The van der Waals surface area contributed by atoms with Crippen LogP contribution in [0, 0.1) is 37.3 Å². The van der Waals surface area contributed by atoms with Gasteiger partial charge in [0.05, 0.1) is 5.70 Å². The van der Waals surface area contributed by atoms with Crippen molar-refractivity contribution in [2.24, 2.45) is 0 Å². The third-order valence-electron chi connectivity index (χ3n) is 1.66. The summed E-state index contributed by atoms with van der Waals surface area (Å²) >= 11 is 0. The molecule has 1 aliphatic rings. The quantitative estimate of drug-likeness (QED) is 0.853. The minimum atomic E-state index is 0. The number of benzene rings is 1. The van der Waals surface area contributed by atoms with Gasteiger partial charge in [0.2, 0.25) is 0 Å². The van der Waals surface area contributed by atoms with E-state index in [1.165, 1.54) is 0 Å². The monoisotopic (exact) mass is 325 g/mol. The van der Waals surface area contributed by atoms with Crippen molar-refractivity contribution in [2.45, 2.75) is 0 Å². The van der Waals surface area contributed by atoms with Crippen LogP contribution in [-0.4, -0.2) is 0 Å². The van der Waals surface area contributed by atoms with E-state index in [0.29, 0.717) is 0 Å². The van der Waals surface area contributed by atoms with Gasteiger partial charge in [-0.05, 0) is 12.2 Å². The Morgan fingerprint density at radius 2 is 1.85 bits per heavy atom. The molecule has 0 radical (unpaired) electrons. The standard InChI is InChI=1S/C10H9NO.Er/c1-2-5-9(6-3-1)10-7-4-8-12-11-10;/h1-8,11H;. The van der Waals surface area contributed by atoms with Crippen LogP contribution < -0.4 is 5.48 Å². The minimum absolute atomic E-state index is 0. The van der Waals surface area contributed by atoms with Gasteiger partial charge < -0.3 is 4.84 Å². The van der Waals surface area contributed by atoms with Gasteiger partial charge in [0.25, 0.3) is 0 Å². The molecule has 3 heteroatoms. The van der Waals surface area contributed by atoms with Gasteiger partial charge in [0.1, 0.15) is 6.26 Å². The average Bonchev–Trinajstić information content (AvgIpc) is 2.21. The van der Waals surface area contributed by atoms with Crippen LogP contribution in [0.2, 0.25) is 0 Å². The van der Waals surface area contributed by atoms with Gasteiger partial charge >= 0.3 is 0 Å².